The van der Waals surface area contributed by atoms with Crippen LogP contribution in [-0.2, 0) is 19.3 Å². The lowest BCUT2D eigenvalue weighted by Gasteiger charge is -2.10. The molecule has 0 fully saturated rings. The molecular weight excluding hydrogens is 210 g/mol. The maximum absolute atomic E-state index is 5.32. The van der Waals surface area contributed by atoms with Crippen molar-refractivity contribution in [2.24, 2.45) is 0 Å². The Labute approximate surface area is 102 Å². The van der Waals surface area contributed by atoms with Crippen molar-refractivity contribution >= 4 is 0 Å². The Bertz CT molecular complexity index is 450. The summed E-state index contributed by atoms with van der Waals surface area (Å²) in [4.78, 5) is 0. The summed E-state index contributed by atoms with van der Waals surface area (Å²) < 4.78 is 5.32. The lowest BCUT2D eigenvalue weighted by molar-refractivity contribution is 0.477. The van der Waals surface area contributed by atoms with Crippen LogP contribution in [0.15, 0.2) is 47.1 Å². The second-order valence-electron chi connectivity index (χ2n) is 4.66. The van der Waals surface area contributed by atoms with Gasteiger partial charge in [-0.3, -0.25) is 0 Å². The predicted molar refractivity (Wildman–Crippen MR) is 68.1 cm³/mol. The maximum atomic E-state index is 5.32. The van der Waals surface area contributed by atoms with E-state index in [2.05, 4.69) is 29.6 Å². The fourth-order valence-corrected chi connectivity index (χ4v) is 2.56. The molecule has 1 aliphatic carbocycles. The highest BCUT2D eigenvalue weighted by Crippen LogP contribution is 2.21. The third kappa shape index (κ3) is 2.42. The molecule has 1 N–H and O–H groups in total. The highest BCUT2D eigenvalue weighted by Gasteiger charge is 2.19. The molecule has 1 heterocycles. The fraction of sp³-hybridized carbons (Fsp3) is 0.333. The Morgan fingerprint density at radius 1 is 1.06 bits per heavy atom. The molecule has 1 aromatic heterocycles. The van der Waals surface area contributed by atoms with Crippen LogP contribution in [-0.4, -0.2) is 12.6 Å². The third-order valence-corrected chi connectivity index (χ3v) is 3.44. The van der Waals surface area contributed by atoms with E-state index in [0.717, 1.165) is 31.6 Å². The largest absolute Gasteiger partial charge is 0.469 e. The molecule has 0 atom stereocenters. The van der Waals surface area contributed by atoms with Gasteiger partial charge in [-0.2, -0.15) is 0 Å². The molecule has 0 saturated carbocycles. The second-order valence-corrected chi connectivity index (χ2v) is 4.66. The number of hydrogen-bond acceptors (Lipinski definition) is 2. The summed E-state index contributed by atoms with van der Waals surface area (Å²) in [5.74, 6) is 1.06. The Morgan fingerprint density at radius 2 is 1.82 bits per heavy atom. The molecule has 0 saturated heterocycles. The van der Waals surface area contributed by atoms with E-state index in [1.807, 2.05) is 12.1 Å². The first-order valence-electron chi connectivity index (χ1n) is 6.24. The van der Waals surface area contributed by atoms with Gasteiger partial charge < -0.3 is 9.73 Å². The molecule has 0 bridgehead atoms. The zero-order valence-electron chi connectivity index (χ0n) is 9.86. The summed E-state index contributed by atoms with van der Waals surface area (Å²) in [6.45, 7) is 0.992. The summed E-state index contributed by atoms with van der Waals surface area (Å²) in [5.41, 5.74) is 3.01. The Morgan fingerprint density at radius 3 is 2.47 bits per heavy atom. The van der Waals surface area contributed by atoms with Crippen LogP contribution in [0.1, 0.15) is 16.9 Å². The topological polar surface area (TPSA) is 25.2 Å². The second kappa shape index (κ2) is 4.76. The van der Waals surface area contributed by atoms with Crippen molar-refractivity contribution in [2.45, 2.75) is 25.3 Å². The summed E-state index contributed by atoms with van der Waals surface area (Å²) in [5, 5.41) is 3.61. The van der Waals surface area contributed by atoms with Crippen LogP contribution in [0.2, 0.25) is 0 Å². The normalized spacial score (nSPS) is 15.1. The maximum Gasteiger partial charge on any atom is 0.105 e. The first kappa shape index (κ1) is 10.6. The van der Waals surface area contributed by atoms with Crippen LogP contribution >= 0.6 is 0 Å². The number of furan rings is 1. The van der Waals surface area contributed by atoms with Crippen molar-refractivity contribution in [3.8, 4) is 0 Å². The van der Waals surface area contributed by atoms with Gasteiger partial charge in [-0.15, -0.1) is 0 Å². The Balaban J connectivity index is 1.49. The highest BCUT2D eigenvalue weighted by molar-refractivity contribution is 5.33. The minimum absolute atomic E-state index is 0.599. The molecule has 1 aromatic carbocycles. The van der Waals surface area contributed by atoms with Gasteiger partial charge in [-0.05, 0) is 36.1 Å². The van der Waals surface area contributed by atoms with Crippen molar-refractivity contribution in [1.29, 1.82) is 0 Å². The highest BCUT2D eigenvalue weighted by atomic mass is 16.3. The third-order valence-electron chi connectivity index (χ3n) is 3.44. The van der Waals surface area contributed by atoms with E-state index in [9.17, 15) is 0 Å². The van der Waals surface area contributed by atoms with E-state index in [0.29, 0.717) is 6.04 Å². The summed E-state index contributed by atoms with van der Waals surface area (Å²) in [6, 6.07) is 13.3. The number of rotatable bonds is 4. The van der Waals surface area contributed by atoms with E-state index in [1.165, 1.54) is 11.1 Å². The van der Waals surface area contributed by atoms with Gasteiger partial charge in [0, 0.05) is 19.0 Å². The summed E-state index contributed by atoms with van der Waals surface area (Å²) in [7, 11) is 0. The minimum Gasteiger partial charge on any atom is -0.469 e. The number of hydrogen-bond donors (Lipinski definition) is 1. The van der Waals surface area contributed by atoms with Gasteiger partial charge in [-0.25, -0.2) is 0 Å². The Hall–Kier alpha value is -1.54. The molecule has 0 unspecified atom stereocenters. The van der Waals surface area contributed by atoms with E-state index in [1.54, 1.807) is 6.26 Å². The molecule has 88 valence electrons. The van der Waals surface area contributed by atoms with Crippen LogP contribution < -0.4 is 5.32 Å². The number of benzene rings is 1. The molecule has 1 aliphatic rings. The van der Waals surface area contributed by atoms with Gasteiger partial charge in [0.25, 0.3) is 0 Å². The fourth-order valence-electron chi connectivity index (χ4n) is 2.56. The van der Waals surface area contributed by atoms with Crippen LogP contribution in [0, 0.1) is 0 Å². The van der Waals surface area contributed by atoms with Crippen molar-refractivity contribution in [2.75, 3.05) is 6.54 Å². The quantitative estimate of drug-likeness (QED) is 0.868. The summed E-state index contributed by atoms with van der Waals surface area (Å²) in [6.07, 6.45) is 5.03. The molecule has 0 radical (unpaired) electrons. The molecule has 0 aliphatic heterocycles. The van der Waals surface area contributed by atoms with Crippen molar-refractivity contribution in [1.82, 2.24) is 5.32 Å². The van der Waals surface area contributed by atoms with E-state index < -0.39 is 0 Å². The van der Waals surface area contributed by atoms with Gasteiger partial charge in [0.15, 0.2) is 0 Å². The van der Waals surface area contributed by atoms with E-state index in [4.69, 9.17) is 4.42 Å². The first-order chi connectivity index (χ1) is 8.42. The van der Waals surface area contributed by atoms with Crippen LogP contribution in [0.4, 0.5) is 0 Å². The molecule has 0 spiro atoms. The predicted octanol–water partition coefficient (Wildman–Crippen LogP) is 2.58. The molecular formula is C15H17NO. The van der Waals surface area contributed by atoms with Crippen LogP contribution in [0.5, 0.6) is 0 Å². The zero-order chi connectivity index (χ0) is 11.5. The molecule has 2 nitrogen and oxygen atoms in total. The van der Waals surface area contributed by atoms with Gasteiger partial charge >= 0.3 is 0 Å². The van der Waals surface area contributed by atoms with E-state index in [-0.39, 0.29) is 0 Å². The Kier molecular flexibility index (Phi) is 2.97. The molecule has 3 rings (SSSR count). The van der Waals surface area contributed by atoms with Crippen molar-refractivity contribution in [3.05, 3.63) is 59.5 Å². The average molecular weight is 227 g/mol. The van der Waals surface area contributed by atoms with Gasteiger partial charge in [0.2, 0.25) is 0 Å². The van der Waals surface area contributed by atoms with Crippen LogP contribution in [0.3, 0.4) is 0 Å². The summed E-state index contributed by atoms with van der Waals surface area (Å²) >= 11 is 0. The van der Waals surface area contributed by atoms with E-state index >= 15 is 0 Å². The zero-order valence-corrected chi connectivity index (χ0v) is 9.86. The number of nitrogens with one attached hydrogen (secondary N) is 1. The minimum atomic E-state index is 0.599. The van der Waals surface area contributed by atoms with Gasteiger partial charge in [-0.1, -0.05) is 24.3 Å². The lowest BCUT2D eigenvalue weighted by Crippen LogP contribution is -2.31. The van der Waals surface area contributed by atoms with Gasteiger partial charge in [0.1, 0.15) is 5.76 Å². The molecule has 2 heteroatoms. The molecule has 2 aromatic rings. The first-order valence-corrected chi connectivity index (χ1v) is 6.24. The van der Waals surface area contributed by atoms with Gasteiger partial charge in [0.05, 0.1) is 6.26 Å². The SMILES string of the molecule is c1coc(CCNC2Cc3ccccc3C2)c1. The monoisotopic (exact) mass is 227 g/mol. The average Bonchev–Trinajstić information content (AvgIpc) is 2.96. The smallest absolute Gasteiger partial charge is 0.105 e. The van der Waals surface area contributed by atoms with Crippen molar-refractivity contribution < 1.29 is 4.42 Å². The molecule has 17 heavy (non-hydrogen) atoms. The molecule has 0 amide bonds. The van der Waals surface area contributed by atoms with Crippen molar-refractivity contribution in [3.63, 3.8) is 0 Å². The number of fused-ring (bicyclic) bond motifs is 1. The standard InChI is InChI=1S/C15H17NO/c1-2-5-13-11-14(10-12(13)4-1)16-8-7-15-6-3-9-17-15/h1-6,9,14,16H,7-8,10-11H2. The van der Waals surface area contributed by atoms with Crippen LogP contribution in [0.25, 0.3) is 0 Å². The lowest BCUT2D eigenvalue weighted by atomic mass is 10.1.